The number of aromatic nitrogens is 4. The highest BCUT2D eigenvalue weighted by atomic mass is 19.1. The van der Waals surface area contributed by atoms with E-state index in [-0.39, 0.29) is 17.6 Å². The number of methoxy groups -OCH3 is 1. The van der Waals surface area contributed by atoms with E-state index in [0.29, 0.717) is 53.6 Å². The van der Waals surface area contributed by atoms with Gasteiger partial charge in [0.05, 0.1) is 24.0 Å². The Morgan fingerprint density at radius 1 is 0.979 bits per heavy atom. The van der Waals surface area contributed by atoms with Crippen molar-refractivity contribution in [3.05, 3.63) is 103 Å². The number of halogens is 1. The van der Waals surface area contributed by atoms with Crippen molar-refractivity contribution >= 4 is 39.8 Å². The summed E-state index contributed by atoms with van der Waals surface area (Å²) in [5.41, 5.74) is 4.04. The van der Waals surface area contributed by atoms with Gasteiger partial charge in [-0.05, 0) is 60.4 Å². The van der Waals surface area contributed by atoms with E-state index in [1.165, 1.54) is 29.6 Å². The van der Waals surface area contributed by atoms with E-state index in [1.54, 1.807) is 42.6 Å². The summed E-state index contributed by atoms with van der Waals surface area (Å²) in [6, 6.07) is 14.1. The zero-order valence-corrected chi connectivity index (χ0v) is 25.8. The summed E-state index contributed by atoms with van der Waals surface area (Å²) in [7, 11) is 1.60. The largest absolute Gasteiger partial charge is 0.495 e. The van der Waals surface area contributed by atoms with Crippen LogP contribution in [0.3, 0.4) is 0 Å². The van der Waals surface area contributed by atoms with Crippen molar-refractivity contribution in [2.45, 2.75) is 32.0 Å². The molecule has 5 heterocycles. The topological polar surface area (TPSA) is 118 Å². The maximum absolute atomic E-state index is 15.5. The molecule has 1 amide bonds. The molecular weight excluding hydrogens is 599 g/mol. The molecule has 7 rings (SSSR count). The van der Waals surface area contributed by atoms with Crippen LogP contribution in [0, 0.1) is 5.82 Å². The molecule has 0 bridgehead atoms. The molecule has 12 heteroatoms. The number of nitrogens with one attached hydrogen (secondary N) is 2. The van der Waals surface area contributed by atoms with Crippen LogP contribution in [0.15, 0.2) is 86.1 Å². The van der Waals surface area contributed by atoms with Crippen LogP contribution < -0.4 is 25.0 Å². The number of hydrogen-bond acceptors (Lipinski definition) is 10. The van der Waals surface area contributed by atoms with Crippen molar-refractivity contribution < 1.29 is 18.7 Å². The number of likely N-dealkylation sites (tertiary alicyclic amines) is 1. The molecule has 238 valence electrons. The molecule has 0 aliphatic carbocycles. The maximum Gasteiger partial charge on any atom is 0.245 e. The summed E-state index contributed by atoms with van der Waals surface area (Å²) >= 11 is 0. The van der Waals surface area contributed by atoms with Crippen molar-refractivity contribution in [3.63, 3.8) is 0 Å². The van der Waals surface area contributed by atoms with Gasteiger partial charge in [0.2, 0.25) is 5.91 Å². The number of hydrogen-bond donors (Lipinski definition) is 2. The van der Waals surface area contributed by atoms with Crippen LogP contribution in [0.2, 0.25) is 0 Å². The second-order valence-corrected chi connectivity index (χ2v) is 11.5. The fourth-order valence-corrected chi connectivity index (χ4v) is 6.00. The minimum Gasteiger partial charge on any atom is -0.495 e. The third-order valence-electron chi connectivity index (χ3n) is 8.49. The van der Waals surface area contributed by atoms with Crippen LogP contribution in [0.4, 0.5) is 27.4 Å². The van der Waals surface area contributed by atoms with Gasteiger partial charge in [0.25, 0.3) is 0 Å². The fourth-order valence-electron chi connectivity index (χ4n) is 6.00. The Balaban J connectivity index is 1.06. The molecule has 5 aromatic rings. The normalized spacial score (nSPS) is 14.5. The smallest absolute Gasteiger partial charge is 0.245 e. The van der Waals surface area contributed by atoms with Crippen molar-refractivity contribution in [1.82, 2.24) is 24.8 Å². The molecular formula is C35H33FN8O3. The molecule has 0 saturated carbocycles. The van der Waals surface area contributed by atoms with Crippen molar-refractivity contribution in [1.29, 1.82) is 0 Å². The Labute approximate surface area is 271 Å². The van der Waals surface area contributed by atoms with E-state index >= 15 is 4.39 Å². The van der Waals surface area contributed by atoms with Gasteiger partial charge in [-0.1, -0.05) is 6.58 Å². The van der Waals surface area contributed by atoms with Gasteiger partial charge in [-0.15, -0.1) is 0 Å². The van der Waals surface area contributed by atoms with E-state index in [0.717, 1.165) is 30.9 Å². The lowest BCUT2D eigenvalue weighted by Gasteiger charge is -2.32. The maximum atomic E-state index is 15.5. The summed E-state index contributed by atoms with van der Waals surface area (Å²) < 4.78 is 27.1. The zero-order chi connectivity index (χ0) is 32.3. The van der Waals surface area contributed by atoms with E-state index < -0.39 is 5.82 Å². The molecule has 2 aliphatic rings. The van der Waals surface area contributed by atoms with Gasteiger partial charge in [-0.25, -0.2) is 19.3 Å². The average Bonchev–Trinajstić information content (AvgIpc) is 3.54. The van der Waals surface area contributed by atoms with Crippen molar-refractivity contribution in [3.8, 4) is 17.2 Å². The second-order valence-electron chi connectivity index (χ2n) is 11.5. The molecule has 1 fully saturated rings. The molecule has 0 radical (unpaired) electrons. The van der Waals surface area contributed by atoms with Crippen molar-refractivity contribution in [2.75, 3.05) is 35.7 Å². The first-order valence-electron chi connectivity index (χ1n) is 15.3. The minimum absolute atomic E-state index is 0.0554. The molecule has 0 atom stereocenters. The van der Waals surface area contributed by atoms with Crippen LogP contribution in [-0.4, -0.2) is 57.0 Å². The molecule has 1 saturated heterocycles. The van der Waals surface area contributed by atoms with E-state index in [4.69, 9.17) is 9.47 Å². The van der Waals surface area contributed by atoms with Crippen LogP contribution in [0.1, 0.15) is 24.0 Å². The van der Waals surface area contributed by atoms with Crippen LogP contribution in [0.5, 0.6) is 17.2 Å². The number of amides is 1. The number of rotatable bonds is 9. The highest BCUT2D eigenvalue weighted by Gasteiger charge is 2.23. The SMILES string of the molecule is C=CC(=O)N1CCC(Nc2cc3c(Nc4ccc(Oc5ccnc(N6Cc7ccncc7C6)c5)cc4F)ncnc3cc2OC)CC1. The van der Waals surface area contributed by atoms with Gasteiger partial charge < -0.3 is 29.9 Å². The first kappa shape index (κ1) is 29.9. The number of carbonyl (C=O) groups is 1. The summed E-state index contributed by atoms with van der Waals surface area (Å²) in [5, 5.41) is 7.38. The Morgan fingerprint density at radius 2 is 1.81 bits per heavy atom. The third kappa shape index (κ3) is 6.35. The average molecular weight is 633 g/mol. The number of nitrogens with zero attached hydrogens (tertiary/aromatic N) is 6. The van der Waals surface area contributed by atoms with Gasteiger partial charge in [0.15, 0.2) is 0 Å². The lowest BCUT2D eigenvalue weighted by molar-refractivity contribution is -0.126. The number of benzene rings is 2. The van der Waals surface area contributed by atoms with Crippen LogP contribution in [-0.2, 0) is 17.9 Å². The third-order valence-corrected chi connectivity index (χ3v) is 8.49. The van der Waals surface area contributed by atoms with Crippen LogP contribution in [0.25, 0.3) is 10.9 Å². The summed E-state index contributed by atoms with van der Waals surface area (Å²) in [4.78, 5) is 33.5. The molecule has 0 unspecified atom stereocenters. The fraction of sp³-hybridized carbons (Fsp3) is 0.229. The molecule has 2 aliphatic heterocycles. The van der Waals surface area contributed by atoms with Crippen molar-refractivity contribution in [2.24, 2.45) is 0 Å². The Kier molecular flexibility index (Phi) is 8.22. The number of piperidine rings is 1. The van der Waals surface area contributed by atoms with Crippen LogP contribution >= 0.6 is 0 Å². The Bertz CT molecular complexity index is 1940. The molecule has 2 N–H and O–H groups in total. The summed E-state index contributed by atoms with van der Waals surface area (Å²) in [5.74, 6) is 2.19. The standard InChI is InChI=1S/C35H33FN8O3/c1-3-34(45)43-12-8-24(9-13-43)41-31-16-27-30(17-32(31)46-2)39-21-40-35(27)42-29-5-4-25(14-28(29)36)47-26-7-11-38-33(15-26)44-19-22-6-10-37-18-23(22)20-44/h3-7,10-11,14-18,21,24,41H,1,8-9,12-13,19-20H2,2H3,(H,39,40,42). The first-order valence-corrected chi connectivity index (χ1v) is 15.3. The number of pyridine rings is 2. The lowest BCUT2D eigenvalue weighted by Crippen LogP contribution is -2.41. The first-order chi connectivity index (χ1) is 23.0. The second kappa shape index (κ2) is 12.9. The van der Waals surface area contributed by atoms with Gasteiger partial charge >= 0.3 is 0 Å². The molecule has 0 spiro atoms. The van der Waals surface area contributed by atoms with Gasteiger partial charge in [0.1, 0.15) is 41.0 Å². The highest BCUT2D eigenvalue weighted by Crippen LogP contribution is 2.36. The van der Waals surface area contributed by atoms with E-state index in [1.807, 2.05) is 30.5 Å². The number of ether oxygens (including phenoxy) is 2. The quantitative estimate of drug-likeness (QED) is 0.182. The predicted molar refractivity (Wildman–Crippen MR) is 178 cm³/mol. The van der Waals surface area contributed by atoms with Gasteiger partial charge in [0, 0.05) is 74.4 Å². The Hall–Kier alpha value is -5.78. The van der Waals surface area contributed by atoms with Gasteiger partial charge in [-0.3, -0.25) is 9.78 Å². The number of anilines is 4. The zero-order valence-electron chi connectivity index (χ0n) is 25.8. The minimum atomic E-state index is -0.501. The number of carbonyl (C=O) groups excluding carboxylic acids is 1. The Morgan fingerprint density at radius 3 is 2.60 bits per heavy atom. The lowest BCUT2D eigenvalue weighted by atomic mass is 10.0. The van der Waals surface area contributed by atoms with E-state index in [9.17, 15) is 4.79 Å². The summed E-state index contributed by atoms with van der Waals surface area (Å²) in [6.07, 6.45) is 9.69. The van der Waals surface area contributed by atoms with Gasteiger partial charge in [-0.2, -0.15) is 0 Å². The summed E-state index contributed by atoms with van der Waals surface area (Å²) in [6.45, 7) is 6.32. The van der Waals surface area contributed by atoms with E-state index in [2.05, 4.69) is 42.0 Å². The predicted octanol–water partition coefficient (Wildman–Crippen LogP) is 6.21. The molecule has 11 nitrogen and oxygen atoms in total. The highest BCUT2D eigenvalue weighted by molar-refractivity contribution is 5.95. The molecule has 2 aromatic carbocycles. The monoisotopic (exact) mass is 632 g/mol. The molecule has 47 heavy (non-hydrogen) atoms. The number of fused-ring (bicyclic) bond motifs is 2. The molecule has 3 aromatic heterocycles.